The molecule has 0 saturated carbocycles. The summed E-state index contributed by atoms with van der Waals surface area (Å²) in [4.78, 5) is 8.38. The average molecular weight is 257 g/mol. The molecule has 3 heteroatoms. The van der Waals surface area contributed by atoms with Gasteiger partial charge in [0.1, 0.15) is 0 Å². The monoisotopic (exact) mass is 257 g/mol. The first-order valence-electron chi connectivity index (χ1n) is 6.24. The van der Waals surface area contributed by atoms with Crippen molar-refractivity contribution in [2.24, 2.45) is 0 Å². The quantitative estimate of drug-likeness (QED) is 0.658. The molecule has 0 aliphatic carbocycles. The van der Waals surface area contributed by atoms with Gasteiger partial charge in [0.15, 0.2) is 0 Å². The van der Waals surface area contributed by atoms with Gasteiger partial charge in [-0.15, -0.1) is 0 Å². The van der Waals surface area contributed by atoms with Crippen LogP contribution < -0.4 is 0 Å². The maximum atomic E-state index is 9.35. The molecule has 2 heterocycles. The summed E-state index contributed by atoms with van der Waals surface area (Å²) >= 11 is 0. The number of para-hydroxylation sites is 1. The van der Waals surface area contributed by atoms with E-state index in [2.05, 4.69) is 16.0 Å². The van der Waals surface area contributed by atoms with Crippen LogP contribution in [0.4, 0.5) is 0 Å². The molecule has 0 radical (unpaired) electrons. The van der Waals surface area contributed by atoms with Crippen molar-refractivity contribution < 1.29 is 0 Å². The van der Waals surface area contributed by atoms with Gasteiger partial charge in [-0.2, -0.15) is 5.26 Å². The predicted octanol–water partition coefficient (Wildman–Crippen LogP) is 3.69. The molecule has 0 fully saturated rings. The first-order chi connectivity index (χ1) is 9.88. The first-order valence-corrected chi connectivity index (χ1v) is 6.24. The third kappa shape index (κ3) is 2.27. The van der Waals surface area contributed by atoms with Gasteiger partial charge in [-0.05, 0) is 29.8 Å². The standard InChI is InChI=1S/C17H11N3/c18-11-15(14-4-3-8-19-12-14)10-13-7-9-20-17-6-2-1-5-16(13)17/h1-10,12H/b15-10+. The zero-order chi connectivity index (χ0) is 13.8. The zero-order valence-electron chi connectivity index (χ0n) is 10.7. The highest BCUT2D eigenvalue weighted by molar-refractivity contribution is 5.96. The lowest BCUT2D eigenvalue weighted by atomic mass is 10.0. The summed E-state index contributed by atoms with van der Waals surface area (Å²) in [6.07, 6.45) is 7.02. The van der Waals surface area contributed by atoms with E-state index >= 15 is 0 Å². The molecule has 0 spiro atoms. The van der Waals surface area contributed by atoms with Crippen molar-refractivity contribution in [3.63, 3.8) is 0 Å². The molecule has 0 N–H and O–H groups in total. The van der Waals surface area contributed by atoms with Gasteiger partial charge in [0.2, 0.25) is 0 Å². The van der Waals surface area contributed by atoms with E-state index in [9.17, 15) is 5.26 Å². The number of pyridine rings is 2. The summed E-state index contributed by atoms with van der Waals surface area (Å²) in [5.74, 6) is 0. The van der Waals surface area contributed by atoms with Crippen molar-refractivity contribution in [1.82, 2.24) is 9.97 Å². The predicted molar refractivity (Wildman–Crippen MR) is 79.5 cm³/mol. The SMILES string of the molecule is N#C/C(=C\c1ccnc2ccccc12)c1cccnc1. The maximum Gasteiger partial charge on any atom is 0.0998 e. The van der Waals surface area contributed by atoms with E-state index in [1.54, 1.807) is 18.6 Å². The Morgan fingerprint density at radius 1 is 1.05 bits per heavy atom. The second-order valence-corrected chi connectivity index (χ2v) is 4.33. The van der Waals surface area contributed by atoms with Crippen molar-refractivity contribution in [2.75, 3.05) is 0 Å². The van der Waals surface area contributed by atoms with Crippen LogP contribution in [0.3, 0.4) is 0 Å². The fraction of sp³-hybridized carbons (Fsp3) is 0. The van der Waals surface area contributed by atoms with Gasteiger partial charge in [-0.1, -0.05) is 24.3 Å². The smallest absolute Gasteiger partial charge is 0.0998 e. The van der Waals surface area contributed by atoms with Crippen molar-refractivity contribution in [3.8, 4) is 6.07 Å². The van der Waals surface area contributed by atoms with Crippen molar-refractivity contribution >= 4 is 22.6 Å². The molecular formula is C17H11N3. The molecule has 0 amide bonds. The van der Waals surface area contributed by atoms with Crippen LogP contribution in [0.2, 0.25) is 0 Å². The Balaban J connectivity index is 2.16. The Labute approximate surface area is 116 Å². The molecule has 0 aliphatic rings. The number of allylic oxidation sites excluding steroid dienone is 1. The number of rotatable bonds is 2. The maximum absolute atomic E-state index is 9.35. The van der Waals surface area contributed by atoms with Gasteiger partial charge in [0.25, 0.3) is 0 Å². The molecule has 20 heavy (non-hydrogen) atoms. The lowest BCUT2D eigenvalue weighted by molar-refractivity contribution is 1.31. The van der Waals surface area contributed by atoms with Crippen LogP contribution in [0, 0.1) is 11.3 Å². The third-order valence-corrected chi connectivity index (χ3v) is 3.08. The first kappa shape index (κ1) is 12.1. The van der Waals surface area contributed by atoms with Crippen LogP contribution in [0.5, 0.6) is 0 Å². The molecule has 2 aromatic heterocycles. The van der Waals surface area contributed by atoms with Crippen LogP contribution in [-0.2, 0) is 0 Å². The topological polar surface area (TPSA) is 49.6 Å². The Hall–Kier alpha value is -2.99. The Kier molecular flexibility index (Phi) is 3.22. The molecule has 0 atom stereocenters. The Bertz CT molecular complexity index is 809. The van der Waals surface area contributed by atoms with E-state index in [1.165, 1.54) is 0 Å². The fourth-order valence-corrected chi connectivity index (χ4v) is 2.10. The van der Waals surface area contributed by atoms with E-state index in [-0.39, 0.29) is 0 Å². The number of hydrogen-bond donors (Lipinski definition) is 0. The molecule has 0 saturated heterocycles. The summed E-state index contributed by atoms with van der Waals surface area (Å²) in [5, 5.41) is 10.4. The van der Waals surface area contributed by atoms with Crippen LogP contribution in [-0.4, -0.2) is 9.97 Å². The lowest BCUT2D eigenvalue weighted by Crippen LogP contribution is -1.85. The number of nitrogens with zero attached hydrogens (tertiary/aromatic N) is 3. The highest BCUT2D eigenvalue weighted by atomic mass is 14.6. The zero-order valence-corrected chi connectivity index (χ0v) is 10.7. The summed E-state index contributed by atoms with van der Waals surface area (Å²) in [6, 6.07) is 15.7. The molecule has 0 unspecified atom stereocenters. The molecule has 3 aromatic rings. The van der Waals surface area contributed by atoms with E-state index in [4.69, 9.17) is 0 Å². The minimum atomic E-state index is 0.592. The van der Waals surface area contributed by atoms with Gasteiger partial charge in [-0.25, -0.2) is 0 Å². The van der Waals surface area contributed by atoms with E-state index in [0.29, 0.717) is 5.57 Å². The van der Waals surface area contributed by atoms with Gasteiger partial charge >= 0.3 is 0 Å². The summed E-state index contributed by atoms with van der Waals surface area (Å²) in [7, 11) is 0. The highest BCUT2D eigenvalue weighted by Gasteiger charge is 2.03. The second-order valence-electron chi connectivity index (χ2n) is 4.33. The van der Waals surface area contributed by atoms with E-state index in [0.717, 1.165) is 22.0 Å². The summed E-state index contributed by atoms with van der Waals surface area (Å²) < 4.78 is 0. The molecule has 0 aliphatic heterocycles. The molecule has 3 rings (SSSR count). The third-order valence-electron chi connectivity index (χ3n) is 3.08. The summed E-state index contributed by atoms with van der Waals surface area (Å²) in [5.41, 5.74) is 3.31. The lowest BCUT2D eigenvalue weighted by Gasteiger charge is -2.03. The highest BCUT2D eigenvalue weighted by Crippen LogP contribution is 2.22. The van der Waals surface area contributed by atoms with Crippen molar-refractivity contribution in [1.29, 1.82) is 5.26 Å². The normalized spacial score (nSPS) is 11.2. The minimum absolute atomic E-state index is 0.592. The van der Waals surface area contributed by atoms with Crippen LogP contribution in [0.25, 0.3) is 22.6 Å². The largest absolute Gasteiger partial charge is 0.264 e. The van der Waals surface area contributed by atoms with Crippen LogP contribution in [0.1, 0.15) is 11.1 Å². The van der Waals surface area contributed by atoms with E-state index in [1.807, 2.05) is 48.5 Å². The van der Waals surface area contributed by atoms with Crippen LogP contribution >= 0.6 is 0 Å². The van der Waals surface area contributed by atoms with Crippen LogP contribution in [0.15, 0.2) is 61.1 Å². The Morgan fingerprint density at radius 2 is 1.95 bits per heavy atom. The second kappa shape index (κ2) is 5.33. The van der Waals surface area contributed by atoms with Gasteiger partial charge in [0, 0.05) is 29.5 Å². The summed E-state index contributed by atoms with van der Waals surface area (Å²) in [6.45, 7) is 0. The van der Waals surface area contributed by atoms with Gasteiger partial charge in [0.05, 0.1) is 17.2 Å². The molecule has 94 valence electrons. The number of aromatic nitrogens is 2. The molecule has 1 aromatic carbocycles. The van der Waals surface area contributed by atoms with Gasteiger partial charge < -0.3 is 0 Å². The molecule has 3 nitrogen and oxygen atoms in total. The van der Waals surface area contributed by atoms with Gasteiger partial charge in [-0.3, -0.25) is 9.97 Å². The minimum Gasteiger partial charge on any atom is -0.264 e. The molecular weight excluding hydrogens is 246 g/mol. The molecule has 0 bridgehead atoms. The fourth-order valence-electron chi connectivity index (χ4n) is 2.10. The van der Waals surface area contributed by atoms with Crippen molar-refractivity contribution in [3.05, 3.63) is 72.2 Å². The average Bonchev–Trinajstić information content (AvgIpc) is 2.53. The number of benzene rings is 1. The number of hydrogen-bond acceptors (Lipinski definition) is 3. The van der Waals surface area contributed by atoms with E-state index < -0.39 is 0 Å². The number of nitriles is 1. The number of fused-ring (bicyclic) bond motifs is 1. The Morgan fingerprint density at radius 3 is 2.75 bits per heavy atom. The van der Waals surface area contributed by atoms with Crippen molar-refractivity contribution in [2.45, 2.75) is 0 Å².